The van der Waals surface area contributed by atoms with Crippen LogP contribution in [0.1, 0.15) is 42.7 Å². The smallest absolute Gasteiger partial charge is 0.284 e. The van der Waals surface area contributed by atoms with E-state index in [-0.39, 0.29) is 11.1 Å². The van der Waals surface area contributed by atoms with Gasteiger partial charge in [0.1, 0.15) is 23.4 Å². The molecule has 1 amide bonds. The lowest BCUT2D eigenvalue weighted by atomic mass is 10.0. The molecule has 4 aromatic rings. The van der Waals surface area contributed by atoms with E-state index in [4.69, 9.17) is 5.73 Å². The first-order valence-electron chi connectivity index (χ1n) is 13.2. The molecule has 1 unspecified atom stereocenters. The number of nitrogens with zero attached hydrogens (tertiary/aromatic N) is 5. The van der Waals surface area contributed by atoms with Crippen LogP contribution in [0.15, 0.2) is 59.8 Å². The van der Waals surface area contributed by atoms with E-state index in [0.29, 0.717) is 48.0 Å². The first kappa shape index (κ1) is 24.9. The first-order chi connectivity index (χ1) is 18.8. The summed E-state index contributed by atoms with van der Waals surface area (Å²) >= 11 is 0. The Kier molecular flexibility index (Phi) is 6.19. The minimum Gasteiger partial charge on any atom is -0.392 e. The van der Waals surface area contributed by atoms with Crippen molar-refractivity contribution in [1.82, 2.24) is 23.9 Å². The number of aromatic nitrogens is 5. The molecule has 200 valence electrons. The van der Waals surface area contributed by atoms with Gasteiger partial charge in [-0.25, -0.2) is 14.6 Å². The highest BCUT2D eigenvalue weighted by molar-refractivity contribution is 6.05. The van der Waals surface area contributed by atoms with Crippen molar-refractivity contribution in [1.29, 1.82) is 0 Å². The minimum atomic E-state index is -0.559. The Hall–Kier alpha value is -4.44. The molecule has 0 spiro atoms. The van der Waals surface area contributed by atoms with Crippen LogP contribution in [-0.4, -0.2) is 41.0 Å². The molecule has 3 aromatic heterocycles. The minimum absolute atomic E-state index is 0.204. The number of aliphatic hydroxyl groups excluding tert-OH is 1. The summed E-state index contributed by atoms with van der Waals surface area (Å²) in [4.78, 5) is 35.4. The van der Waals surface area contributed by atoms with Crippen molar-refractivity contribution in [2.45, 2.75) is 52.3 Å². The Labute approximate surface area is 225 Å². The number of hydrogen-bond donors (Lipinski definition) is 3. The Morgan fingerprint density at radius 3 is 2.77 bits per heavy atom. The molecule has 1 aromatic carbocycles. The van der Waals surface area contributed by atoms with Crippen LogP contribution in [0.4, 0.5) is 11.5 Å². The third kappa shape index (κ3) is 4.36. The van der Waals surface area contributed by atoms with Crippen molar-refractivity contribution in [3.05, 3.63) is 76.6 Å². The number of allylic oxidation sites excluding steroid dienone is 4. The predicted octanol–water partition coefficient (Wildman–Crippen LogP) is 3.66. The second-order valence-electron chi connectivity index (χ2n) is 10.4. The van der Waals surface area contributed by atoms with Crippen LogP contribution in [0, 0.1) is 5.92 Å². The van der Waals surface area contributed by atoms with Crippen LogP contribution < -0.4 is 16.6 Å². The number of benzene rings is 1. The van der Waals surface area contributed by atoms with Crippen molar-refractivity contribution >= 4 is 34.1 Å². The van der Waals surface area contributed by atoms with Crippen molar-refractivity contribution < 1.29 is 9.90 Å². The molecule has 0 radical (unpaired) electrons. The zero-order chi connectivity index (χ0) is 27.3. The van der Waals surface area contributed by atoms with Crippen LogP contribution in [0.5, 0.6) is 0 Å². The summed E-state index contributed by atoms with van der Waals surface area (Å²) in [5.74, 6) is 0.381. The summed E-state index contributed by atoms with van der Waals surface area (Å²) in [7, 11) is 0. The van der Waals surface area contributed by atoms with Crippen LogP contribution in [-0.2, 0) is 19.5 Å². The number of nitrogens with two attached hydrogens (primary N) is 1. The molecule has 10 nitrogen and oxygen atoms in total. The number of rotatable bonds is 6. The van der Waals surface area contributed by atoms with E-state index in [2.05, 4.69) is 34.4 Å². The van der Waals surface area contributed by atoms with Crippen LogP contribution in [0.25, 0.3) is 27.9 Å². The van der Waals surface area contributed by atoms with E-state index in [9.17, 15) is 14.7 Å². The number of carbonyl (C=O) groups is 1. The number of nitrogen functional groups attached to an aromatic ring is 1. The van der Waals surface area contributed by atoms with Crippen molar-refractivity contribution in [2.75, 3.05) is 11.1 Å². The van der Waals surface area contributed by atoms with Crippen molar-refractivity contribution in [3.8, 4) is 11.1 Å². The topological polar surface area (TPSA) is 133 Å². The maximum Gasteiger partial charge on any atom is 0.284 e. The zero-order valence-electron chi connectivity index (χ0n) is 22.0. The van der Waals surface area contributed by atoms with Gasteiger partial charge < -0.3 is 20.7 Å². The maximum absolute atomic E-state index is 13.5. The lowest BCUT2D eigenvalue weighted by Gasteiger charge is -2.15. The molecule has 10 heteroatoms. The average molecular weight is 526 g/mol. The van der Waals surface area contributed by atoms with Gasteiger partial charge in [0.05, 0.1) is 22.9 Å². The molecule has 2 aliphatic rings. The molecule has 4 N–H and O–H groups in total. The monoisotopic (exact) mass is 525 g/mol. The van der Waals surface area contributed by atoms with Crippen molar-refractivity contribution in [2.24, 2.45) is 5.92 Å². The number of aliphatic hydroxyl groups is 1. The summed E-state index contributed by atoms with van der Waals surface area (Å²) in [6.45, 7) is 4.93. The number of anilines is 2. The Balaban J connectivity index is 1.30. The van der Waals surface area contributed by atoms with Gasteiger partial charge in [-0.1, -0.05) is 31.2 Å². The third-order valence-electron chi connectivity index (χ3n) is 7.39. The number of hydrogen-bond acceptors (Lipinski definition) is 6. The van der Waals surface area contributed by atoms with Gasteiger partial charge in [-0.2, -0.15) is 0 Å². The summed E-state index contributed by atoms with van der Waals surface area (Å²) in [5, 5.41) is 13.6. The largest absolute Gasteiger partial charge is 0.392 e. The SMILES string of the molecule is CC1C=CC(n2c(=O)c(C(=O)Nc3ccc(-c4cn(C[C@@H](C)O)c5ncnc(N)c45)cc3)c3n2CCC3)=CC1. The second kappa shape index (κ2) is 9.70. The van der Waals surface area contributed by atoms with Crippen molar-refractivity contribution in [3.63, 3.8) is 0 Å². The molecule has 2 atom stereocenters. The number of carbonyl (C=O) groups excluding carboxylic acids is 1. The fourth-order valence-electron chi connectivity index (χ4n) is 5.55. The number of amides is 1. The molecule has 6 rings (SSSR count). The Bertz CT molecular complexity index is 1700. The standard InChI is InChI=1S/C29H31N7O3/c1-17-5-11-21(12-6-17)36-29(39)25(23-4-3-13-35(23)36)28(38)33-20-9-7-19(8-10-20)22-15-34(14-18(2)37)27-24(22)26(30)31-16-32-27/h5,7-12,15-18,37H,3-4,6,13-14H2,1-2H3,(H,33,38)(H2,30,31,32)/t17?,18-/m1/s1. The van der Waals surface area contributed by atoms with Gasteiger partial charge >= 0.3 is 0 Å². The summed E-state index contributed by atoms with van der Waals surface area (Å²) < 4.78 is 5.46. The third-order valence-corrected chi connectivity index (χ3v) is 7.39. The molecule has 0 fully saturated rings. The highest BCUT2D eigenvalue weighted by atomic mass is 16.3. The zero-order valence-corrected chi connectivity index (χ0v) is 22.0. The van der Waals surface area contributed by atoms with Gasteiger partial charge in [-0.15, -0.1) is 0 Å². The molecule has 0 bridgehead atoms. The molecule has 0 saturated heterocycles. The van der Waals surface area contributed by atoms with E-state index in [1.807, 2.05) is 33.7 Å². The molecular weight excluding hydrogens is 494 g/mol. The summed E-state index contributed by atoms with van der Waals surface area (Å²) in [6.07, 6.45) is 11.3. The lowest BCUT2D eigenvalue weighted by Crippen LogP contribution is -2.27. The maximum atomic E-state index is 13.5. The fraction of sp³-hybridized carbons (Fsp3) is 0.310. The summed E-state index contributed by atoms with van der Waals surface area (Å²) in [6, 6.07) is 7.36. The van der Waals surface area contributed by atoms with Gasteiger partial charge in [0.25, 0.3) is 11.5 Å². The fourth-order valence-corrected chi connectivity index (χ4v) is 5.55. The summed E-state index contributed by atoms with van der Waals surface area (Å²) in [5.41, 5.74) is 10.6. The van der Waals surface area contributed by atoms with E-state index in [1.165, 1.54) is 6.33 Å². The van der Waals surface area contributed by atoms with E-state index in [1.54, 1.807) is 23.7 Å². The van der Waals surface area contributed by atoms with Gasteiger partial charge in [0.15, 0.2) is 0 Å². The first-order valence-corrected chi connectivity index (χ1v) is 13.2. The number of fused-ring (bicyclic) bond motifs is 2. The van der Waals surface area contributed by atoms with Crippen LogP contribution >= 0.6 is 0 Å². The lowest BCUT2D eigenvalue weighted by molar-refractivity contribution is 0.102. The normalized spacial score (nSPS) is 17.3. The van der Waals surface area contributed by atoms with Crippen LogP contribution in [0.2, 0.25) is 0 Å². The molecule has 4 heterocycles. The molecule has 1 aliphatic carbocycles. The van der Waals surface area contributed by atoms with Gasteiger partial charge in [-0.3, -0.25) is 14.3 Å². The molecule has 1 aliphatic heterocycles. The van der Waals surface area contributed by atoms with E-state index < -0.39 is 12.0 Å². The predicted molar refractivity (Wildman–Crippen MR) is 151 cm³/mol. The quantitative estimate of drug-likeness (QED) is 0.352. The van der Waals surface area contributed by atoms with Gasteiger partial charge in [0, 0.05) is 30.5 Å². The molecule has 0 saturated carbocycles. The second-order valence-corrected chi connectivity index (χ2v) is 10.4. The highest BCUT2D eigenvalue weighted by Crippen LogP contribution is 2.33. The Morgan fingerprint density at radius 1 is 1.26 bits per heavy atom. The van der Waals surface area contributed by atoms with Gasteiger partial charge in [-0.05, 0) is 55.9 Å². The van der Waals surface area contributed by atoms with Crippen LogP contribution in [0.3, 0.4) is 0 Å². The Morgan fingerprint density at radius 2 is 2.05 bits per heavy atom. The molecule has 39 heavy (non-hydrogen) atoms. The highest BCUT2D eigenvalue weighted by Gasteiger charge is 2.29. The van der Waals surface area contributed by atoms with Gasteiger partial charge in [0.2, 0.25) is 0 Å². The average Bonchev–Trinajstić information content (AvgIpc) is 3.58. The molecular formula is C29H31N7O3. The van der Waals surface area contributed by atoms with E-state index in [0.717, 1.165) is 35.4 Å². The number of nitrogens with one attached hydrogen (secondary N) is 1. The van der Waals surface area contributed by atoms with E-state index >= 15 is 0 Å².